The molecule has 2 rings (SSSR count). The summed E-state index contributed by atoms with van der Waals surface area (Å²) in [5.74, 6) is -0.130. The van der Waals surface area contributed by atoms with E-state index in [4.69, 9.17) is 16.7 Å². The van der Waals surface area contributed by atoms with Crippen LogP contribution < -0.4 is 10.0 Å². The van der Waals surface area contributed by atoms with Crippen molar-refractivity contribution >= 4 is 33.3 Å². The minimum absolute atomic E-state index is 0.0211. The van der Waals surface area contributed by atoms with Crippen LogP contribution >= 0.6 is 11.6 Å². The SMILES string of the molecule is NS(=O)(=O)C1CC(=O)N(c2cncc(Cl)n2)C1. The number of anilines is 1. The van der Waals surface area contributed by atoms with Gasteiger partial charge in [0.15, 0.2) is 5.82 Å². The highest BCUT2D eigenvalue weighted by Crippen LogP contribution is 2.22. The fourth-order valence-corrected chi connectivity index (χ4v) is 2.45. The molecule has 0 radical (unpaired) electrons. The van der Waals surface area contributed by atoms with Gasteiger partial charge in [-0.2, -0.15) is 0 Å². The molecular formula is C8H9ClN4O3S. The van der Waals surface area contributed by atoms with Crippen LogP contribution in [0.5, 0.6) is 0 Å². The number of rotatable bonds is 2. The number of nitrogens with two attached hydrogens (primary N) is 1. The van der Waals surface area contributed by atoms with Gasteiger partial charge in [-0.05, 0) is 0 Å². The van der Waals surface area contributed by atoms with Crippen LogP contribution in [0.15, 0.2) is 12.4 Å². The fraction of sp³-hybridized carbons (Fsp3) is 0.375. The molecule has 1 aromatic rings. The molecule has 1 saturated heterocycles. The standard InChI is InChI=1S/C8H9ClN4O3S/c9-6-2-11-3-7(12-6)13-4-5(1-8(13)14)17(10,15)16/h2-3,5H,1,4H2,(H2,10,15,16). The lowest BCUT2D eigenvalue weighted by Gasteiger charge is -2.14. The van der Waals surface area contributed by atoms with Crippen molar-refractivity contribution in [2.24, 2.45) is 5.14 Å². The van der Waals surface area contributed by atoms with Crippen molar-refractivity contribution in [3.63, 3.8) is 0 Å². The summed E-state index contributed by atoms with van der Waals surface area (Å²) in [7, 11) is -3.73. The Morgan fingerprint density at radius 2 is 2.18 bits per heavy atom. The maximum absolute atomic E-state index is 11.6. The summed E-state index contributed by atoms with van der Waals surface area (Å²) in [6.45, 7) is -0.0211. The van der Waals surface area contributed by atoms with Crippen LogP contribution in [0.2, 0.25) is 5.15 Å². The predicted octanol–water partition coefficient (Wildman–Crippen LogP) is -0.476. The minimum Gasteiger partial charge on any atom is -0.294 e. The zero-order valence-corrected chi connectivity index (χ0v) is 10.1. The quantitative estimate of drug-likeness (QED) is 0.785. The Morgan fingerprint density at radius 3 is 2.71 bits per heavy atom. The van der Waals surface area contributed by atoms with Gasteiger partial charge in [-0.3, -0.25) is 14.7 Å². The molecule has 1 amide bonds. The van der Waals surface area contributed by atoms with Crippen LogP contribution in [0.3, 0.4) is 0 Å². The number of nitrogens with zero attached hydrogens (tertiary/aromatic N) is 3. The number of hydrogen-bond acceptors (Lipinski definition) is 5. The van der Waals surface area contributed by atoms with E-state index in [1.165, 1.54) is 17.3 Å². The average Bonchev–Trinajstić information content (AvgIpc) is 2.60. The number of hydrogen-bond donors (Lipinski definition) is 1. The summed E-state index contributed by atoms with van der Waals surface area (Å²) >= 11 is 5.64. The molecule has 1 fully saturated rings. The second-order valence-electron chi connectivity index (χ2n) is 3.62. The van der Waals surface area contributed by atoms with Gasteiger partial charge in [0.05, 0.1) is 12.4 Å². The molecular weight excluding hydrogens is 268 g/mol. The van der Waals surface area contributed by atoms with Crippen molar-refractivity contribution in [1.82, 2.24) is 9.97 Å². The molecule has 9 heteroatoms. The van der Waals surface area contributed by atoms with Crippen molar-refractivity contribution < 1.29 is 13.2 Å². The Balaban J connectivity index is 2.28. The molecule has 92 valence electrons. The number of sulfonamides is 1. The van der Waals surface area contributed by atoms with Crippen LogP contribution in [0.4, 0.5) is 5.82 Å². The molecule has 0 saturated carbocycles. The van der Waals surface area contributed by atoms with E-state index in [2.05, 4.69) is 9.97 Å². The summed E-state index contributed by atoms with van der Waals surface area (Å²) < 4.78 is 22.3. The number of primary sulfonamides is 1. The summed E-state index contributed by atoms with van der Waals surface area (Å²) in [6.07, 6.45) is 2.52. The first kappa shape index (κ1) is 12.2. The molecule has 7 nitrogen and oxygen atoms in total. The third-order valence-corrected chi connectivity index (χ3v) is 3.85. The highest BCUT2D eigenvalue weighted by molar-refractivity contribution is 7.89. The summed E-state index contributed by atoms with van der Waals surface area (Å²) in [4.78, 5) is 20.5. The van der Waals surface area contributed by atoms with Gasteiger partial charge in [-0.15, -0.1) is 0 Å². The topological polar surface area (TPSA) is 106 Å². The minimum atomic E-state index is -3.73. The van der Waals surface area contributed by atoms with E-state index in [0.717, 1.165) is 0 Å². The van der Waals surface area contributed by atoms with Crippen LogP contribution in [-0.2, 0) is 14.8 Å². The number of aromatic nitrogens is 2. The van der Waals surface area contributed by atoms with E-state index in [1.54, 1.807) is 0 Å². The number of halogens is 1. The number of carbonyl (C=O) groups excluding carboxylic acids is 1. The Bertz CT molecular complexity index is 562. The van der Waals surface area contributed by atoms with E-state index < -0.39 is 15.3 Å². The van der Waals surface area contributed by atoms with E-state index in [1.807, 2.05) is 0 Å². The third-order valence-electron chi connectivity index (χ3n) is 2.42. The van der Waals surface area contributed by atoms with E-state index in [9.17, 15) is 13.2 Å². The second kappa shape index (κ2) is 4.21. The van der Waals surface area contributed by atoms with Crippen LogP contribution in [0.1, 0.15) is 6.42 Å². The molecule has 1 aliphatic rings. The fourth-order valence-electron chi connectivity index (χ4n) is 1.58. The first-order valence-corrected chi connectivity index (χ1v) is 6.66. The Labute approximate surface area is 103 Å². The Hall–Kier alpha value is -1.25. The van der Waals surface area contributed by atoms with Gasteiger partial charge in [-0.1, -0.05) is 11.6 Å². The van der Waals surface area contributed by atoms with E-state index in [0.29, 0.717) is 0 Å². The molecule has 1 aliphatic heterocycles. The van der Waals surface area contributed by atoms with Crippen LogP contribution in [-0.4, -0.2) is 36.1 Å². The first-order valence-electron chi connectivity index (χ1n) is 4.67. The lowest BCUT2D eigenvalue weighted by Crippen LogP contribution is -2.32. The van der Waals surface area contributed by atoms with Crippen molar-refractivity contribution in [1.29, 1.82) is 0 Å². The zero-order valence-electron chi connectivity index (χ0n) is 8.58. The maximum Gasteiger partial charge on any atom is 0.229 e. The third kappa shape index (κ3) is 2.54. The molecule has 1 aromatic heterocycles. The Kier molecular flexibility index (Phi) is 3.02. The van der Waals surface area contributed by atoms with Crippen molar-refractivity contribution in [2.75, 3.05) is 11.4 Å². The van der Waals surface area contributed by atoms with Gasteiger partial charge in [-0.25, -0.2) is 18.5 Å². The highest BCUT2D eigenvalue weighted by atomic mass is 35.5. The molecule has 0 bridgehead atoms. The van der Waals surface area contributed by atoms with E-state index in [-0.39, 0.29) is 29.8 Å². The molecule has 2 heterocycles. The number of amides is 1. The highest BCUT2D eigenvalue weighted by Gasteiger charge is 2.37. The van der Waals surface area contributed by atoms with Crippen LogP contribution in [0, 0.1) is 0 Å². The van der Waals surface area contributed by atoms with Gasteiger partial charge in [0.2, 0.25) is 15.9 Å². The van der Waals surface area contributed by atoms with Gasteiger partial charge in [0.1, 0.15) is 10.4 Å². The summed E-state index contributed by atoms with van der Waals surface area (Å²) in [5.41, 5.74) is 0. The van der Waals surface area contributed by atoms with E-state index >= 15 is 0 Å². The van der Waals surface area contributed by atoms with Gasteiger partial charge < -0.3 is 0 Å². The molecule has 1 atom stereocenters. The molecule has 1 unspecified atom stereocenters. The number of carbonyl (C=O) groups is 1. The normalized spacial score (nSPS) is 20.9. The molecule has 0 aromatic carbocycles. The van der Waals surface area contributed by atoms with Crippen molar-refractivity contribution in [2.45, 2.75) is 11.7 Å². The first-order chi connectivity index (χ1) is 7.88. The predicted molar refractivity (Wildman–Crippen MR) is 60.9 cm³/mol. The zero-order chi connectivity index (χ0) is 12.6. The lowest BCUT2D eigenvalue weighted by molar-refractivity contribution is -0.117. The molecule has 0 aliphatic carbocycles. The molecule has 17 heavy (non-hydrogen) atoms. The maximum atomic E-state index is 11.6. The lowest BCUT2D eigenvalue weighted by atomic mass is 10.4. The second-order valence-corrected chi connectivity index (χ2v) is 5.85. The molecule has 0 spiro atoms. The average molecular weight is 277 g/mol. The van der Waals surface area contributed by atoms with Gasteiger partial charge in [0.25, 0.3) is 0 Å². The Morgan fingerprint density at radius 1 is 1.47 bits per heavy atom. The van der Waals surface area contributed by atoms with Crippen molar-refractivity contribution in [3.8, 4) is 0 Å². The van der Waals surface area contributed by atoms with Gasteiger partial charge >= 0.3 is 0 Å². The van der Waals surface area contributed by atoms with Crippen LogP contribution in [0.25, 0.3) is 0 Å². The smallest absolute Gasteiger partial charge is 0.229 e. The van der Waals surface area contributed by atoms with Crippen molar-refractivity contribution in [3.05, 3.63) is 17.5 Å². The van der Waals surface area contributed by atoms with Gasteiger partial charge in [0, 0.05) is 13.0 Å². The molecule has 2 N–H and O–H groups in total. The summed E-state index contributed by atoms with van der Waals surface area (Å²) in [6, 6.07) is 0. The summed E-state index contributed by atoms with van der Waals surface area (Å²) in [5, 5.41) is 4.23. The largest absolute Gasteiger partial charge is 0.294 e. The monoisotopic (exact) mass is 276 g/mol.